The molecule has 5 heteroatoms. The molecule has 2 heterocycles. The summed E-state index contributed by atoms with van der Waals surface area (Å²) in [5.74, 6) is 1.86. The third kappa shape index (κ3) is 4.12. The highest BCUT2D eigenvalue weighted by Crippen LogP contribution is 2.42. The van der Waals surface area contributed by atoms with Crippen molar-refractivity contribution in [3.63, 3.8) is 0 Å². The van der Waals surface area contributed by atoms with E-state index >= 15 is 0 Å². The third-order valence-electron chi connectivity index (χ3n) is 6.55. The van der Waals surface area contributed by atoms with Crippen LogP contribution in [-0.2, 0) is 0 Å². The van der Waals surface area contributed by atoms with Gasteiger partial charge >= 0.3 is 0 Å². The molecule has 4 nitrogen and oxygen atoms in total. The lowest BCUT2D eigenvalue weighted by Gasteiger charge is -2.12. The number of allylic oxidation sites excluding steroid dienone is 2. The number of thiazole rings is 1. The SMILES string of the molecule is C1=CC2CC1CC2C=Nn1c(-c2ccc(-c3ccccc3)cc2)csc1=Nc1cccnc1. The number of benzene rings is 2. The van der Waals surface area contributed by atoms with Crippen LogP contribution in [0.3, 0.4) is 0 Å². The van der Waals surface area contributed by atoms with Gasteiger partial charge in [0.05, 0.1) is 17.6 Å². The summed E-state index contributed by atoms with van der Waals surface area (Å²) in [6, 6.07) is 23.0. The Morgan fingerprint density at radius 1 is 0.879 bits per heavy atom. The van der Waals surface area contributed by atoms with Gasteiger partial charge in [0, 0.05) is 29.3 Å². The van der Waals surface area contributed by atoms with Crippen LogP contribution in [0.15, 0.2) is 107 Å². The molecule has 33 heavy (non-hydrogen) atoms. The lowest BCUT2D eigenvalue weighted by molar-refractivity contribution is 0.590. The number of pyridine rings is 1. The van der Waals surface area contributed by atoms with E-state index in [1.54, 1.807) is 23.7 Å². The minimum Gasteiger partial charge on any atom is -0.262 e. The van der Waals surface area contributed by atoms with Gasteiger partial charge in [-0.1, -0.05) is 66.7 Å². The molecule has 1 fully saturated rings. The number of fused-ring (bicyclic) bond motifs is 2. The minimum atomic E-state index is 0.506. The van der Waals surface area contributed by atoms with E-state index in [-0.39, 0.29) is 0 Å². The summed E-state index contributed by atoms with van der Waals surface area (Å²) in [7, 11) is 0. The van der Waals surface area contributed by atoms with E-state index in [0.717, 1.165) is 27.7 Å². The van der Waals surface area contributed by atoms with Gasteiger partial charge in [-0.25, -0.2) is 9.67 Å². The first-order chi connectivity index (χ1) is 16.3. The molecule has 0 N–H and O–H groups in total. The average molecular weight is 449 g/mol. The molecule has 0 saturated heterocycles. The summed E-state index contributed by atoms with van der Waals surface area (Å²) in [5.41, 5.74) is 5.44. The van der Waals surface area contributed by atoms with Crippen LogP contribution in [-0.4, -0.2) is 15.9 Å². The van der Waals surface area contributed by atoms with Crippen LogP contribution >= 0.6 is 11.3 Å². The van der Waals surface area contributed by atoms with E-state index in [9.17, 15) is 0 Å². The standard InChI is InChI=1S/C28H24N4S/c1-2-5-21(6-3-1)22-10-12-23(13-11-22)27-19-33-28(31-26-7-4-14-29-18-26)32(27)30-17-25-16-20-8-9-24(25)15-20/h1-14,17-20,24-25H,15-16H2. The highest BCUT2D eigenvalue weighted by Gasteiger charge is 2.34. The fourth-order valence-electron chi connectivity index (χ4n) is 4.83. The van der Waals surface area contributed by atoms with Crippen LogP contribution in [0.2, 0.25) is 0 Å². The van der Waals surface area contributed by atoms with Crippen molar-refractivity contribution in [2.24, 2.45) is 27.8 Å². The van der Waals surface area contributed by atoms with Crippen LogP contribution in [0.5, 0.6) is 0 Å². The average Bonchev–Trinajstić information content (AvgIpc) is 3.60. The Balaban J connectivity index is 1.39. The molecule has 4 aromatic rings. The fourth-order valence-corrected chi connectivity index (χ4v) is 5.68. The van der Waals surface area contributed by atoms with Crippen molar-refractivity contribution in [3.8, 4) is 22.4 Å². The quantitative estimate of drug-likeness (QED) is 0.252. The van der Waals surface area contributed by atoms with Gasteiger partial charge in [0.15, 0.2) is 0 Å². The van der Waals surface area contributed by atoms with E-state index in [2.05, 4.69) is 77.3 Å². The molecule has 0 spiro atoms. The predicted molar refractivity (Wildman–Crippen MR) is 135 cm³/mol. The normalized spacial score (nSPS) is 21.9. The number of rotatable bonds is 5. The second-order valence-electron chi connectivity index (χ2n) is 8.69. The molecule has 2 aliphatic carbocycles. The minimum absolute atomic E-state index is 0.506. The Labute approximate surface area is 197 Å². The summed E-state index contributed by atoms with van der Waals surface area (Å²) in [4.78, 5) is 9.89. The highest BCUT2D eigenvalue weighted by molar-refractivity contribution is 7.07. The smallest absolute Gasteiger partial charge is 0.211 e. The first kappa shape index (κ1) is 20.1. The molecule has 2 aliphatic rings. The maximum atomic E-state index is 4.97. The Kier molecular flexibility index (Phi) is 5.32. The molecule has 0 radical (unpaired) electrons. The van der Waals surface area contributed by atoms with Gasteiger partial charge in [0.25, 0.3) is 0 Å². The van der Waals surface area contributed by atoms with Crippen molar-refractivity contribution in [1.29, 1.82) is 0 Å². The van der Waals surface area contributed by atoms with Crippen LogP contribution in [0.25, 0.3) is 22.4 Å². The van der Waals surface area contributed by atoms with Crippen molar-refractivity contribution >= 4 is 23.2 Å². The van der Waals surface area contributed by atoms with E-state index in [0.29, 0.717) is 11.8 Å². The van der Waals surface area contributed by atoms with Gasteiger partial charge < -0.3 is 0 Å². The fraction of sp³-hybridized carbons (Fsp3) is 0.179. The van der Waals surface area contributed by atoms with Gasteiger partial charge in [0.1, 0.15) is 0 Å². The molecular formula is C28H24N4S. The molecule has 2 aromatic heterocycles. The van der Waals surface area contributed by atoms with E-state index in [1.165, 1.54) is 24.0 Å². The van der Waals surface area contributed by atoms with Gasteiger partial charge in [-0.2, -0.15) is 5.10 Å². The summed E-state index contributed by atoms with van der Waals surface area (Å²) in [5, 5.41) is 7.12. The zero-order chi connectivity index (χ0) is 22.0. The lowest BCUT2D eigenvalue weighted by atomic mass is 9.95. The first-order valence-electron chi connectivity index (χ1n) is 11.4. The molecule has 2 bridgehead atoms. The van der Waals surface area contributed by atoms with Crippen LogP contribution in [0.1, 0.15) is 12.8 Å². The first-order valence-corrected chi connectivity index (χ1v) is 12.3. The summed E-state index contributed by atoms with van der Waals surface area (Å²) < 4.78 is 1.99. The Morgan fingerprint density at radius 3 is 2.42 bits per heavy atom. The Morgan fingerprint density at radius 2 is 1.70 bits per heavy atom. The molecular weight excluding hydrogens is 424 g/mol. The molecule has 0 aliphatic heterocycles. The second kappa shape index (κ2) is 8.75. The van der Waals surface area contributed by atoms with Crippen LogP contribution in [0.4, 0.5) is 5.69 Å². The van der Waals surface area contributed by atoms with Gasteiger partial charge in [-0.05, 0) is 47.9 Å². The zero-order valence-electron chi connectivity index (χ0n) is 18.2. The largest absolute Gasteiger partial charge is 0.262 e. The van der Waals surface area contributed by atoms with Crippen molar-refractivity contribution in [2.45, 2.75) is 12.8 Å². The summed E-state index contributed by atoms with van der Waals surface area (Å²) in [6.45, 7) is 0. The predicted octanol–water partition coefficient (Wildman–Crippen LogP) is 6.56. The lowest BCUT2D eigenvalue weighted by Crippen LogP contribution is -2.15. The molecule has 3 atom stereocenters. The van der Waals surface area contributed by atoms with Gasteiger partial charge in [-0.3, -0.25) is 4.98 Å². The Bertz CT molecular complexity index is 1360. The molecule has 3 unspecified atom stereocenters. The maximum Gasteiger partial charge on any atom is 0.211 e. The van der Waals surface area contributed by atoms with Crippen molar-refractivity contribution < 1.29 is 0 Å². The van der Waals surface area contributed by atoms with Crippen LogP contribution < -0.4 is 4.80 Å². The zero-order valence-corrected chi connectivity index (χ0v) is 19.0. The second-order valence-corrected chi connectivity index (χ2v) is 9.53. The van der Waals surface area contributed by atoms with Crippen LogP contribution in [0, 0.1) is 17.8 Å². The van der Waals surface area contributed by atoms with Crippen molar-refractivity contribution in [2.75, 3.05) is 0 Å². The maximum absolute atomic E-state index is 4.97. The third-order valence-corrected chi connectivity index (χ3v) is 7.36. The highest BCUT2D eigenvalue weighted by atomic mass is 32.1. The summed E-state index contributed by atoms with van der Waals surface area (Å²) >= 11 is 1.61. The number of aromatic nitrogens is 2. The topological polar surface area (TPSA) is 42.5 Å². The summed E-state index contributed by atoms with van der Waals surface area (Å²) in [6.07, 6.45) is 12.9. The van der Waals surface area contributed by atoms with Gasteiger partial charge in [0.2, 0.25) is 4.80 Å². The van der Waals surface area contributed by atoms with E-state index < -0.39 is 0 Å². The van der Waals surface area contributed by atoms with E-state index in [1.807, 2.05) is 22.9 Å². The molecule has 162 valence electrons. The molecule has 1 saturated carbocycles. The number of hydrogen-bond donors (Lipinski definition) is 0. The van der Waals surface area contributed by atoms with E-state index in [4.69, 9.17) is 10.1 Å². The molecule has 2 aromatic carbocycles. The molecule has 0 amide bonds. The Hall–Kier alpha value is -3.57. The van der Waals surface area contributed by atoms with Gasteiger partial charge in [-0.15, -0.1) is 11.3 Å². The molecule has 6 rings (SSSR count). The number of hydrogen-bond acceptors (Lipinski definition) is 4. The van der Waals surface area contributed by atoms with Crippen molar-refractivity contribution in [3.05, 3.63) is 101 Å². The number of nitrogens with zero attached hydrogens (tertiary/aromatic N) is 4. The van der Waals surface area contributed by atoms with Crippen molar-refractivity contribution in [1.82, 2.24) is 9.66 Å². The monoisotopic (exact) mass is 448 g/mol.